The van der Waals surface area contributed by atoms with Crippen LogP contribution in [0.1, 0.15) is 36.8 Å². The van der Waals surface area contributed by atoms with E-state index in [2.05, 4.69) is 58.7 Å². The number of piperidine rings is 1. The molecule has 1 N–H and O–H groups in total. The predicted molar refractivity (Wildman–Crippen MR) is 109 cm³/mol. The summed E-state index contributed by atoms with van der Waals surface area (Å²) in [6.07, 6.45) is 6.53. The van der Waals surface area contributed by atoms with Gasteiger partial charge in [0.05, 0.1) is 12.7 Å². The smallest absolute Gasteiger partial charge is 0.0720 e. The molecule has 2 fully saturated rings. The highest BCUT2D eigenvalue weighted by molar-refractivity contribution is 5.85. The van der Waals surface area contributed by atoms with Crippen molar-refractivity contribution in [2.75, 3.05) is 16.8 Å². The average Bonchev–Trinajstić information content (AvgIpc) is 3.23. The molecule has 2 aromatic carbocycles. The summed E-state index contributed by atoms with van der Waals surface area (Å²) in [7, 11) is 0. The van der Waals surface area contributed by atoms with Gasteiger partial charge in [0, 0.05) is 35.6 Å². The Bertz CT molecular complexity index is 737. The van der Waals surface area contributed by atoms with E-state index in [0.29, 0.717) is 18.2 Å². The van der Waals surface area contributed by atoms with Gasteiger partial charge in [-0.1, -0.05) is 36.4 Å². The van der Waals surface area contributed by atoms with Gasteiger partial charge >= 0.3 is 0 Å². The second kappa shape index (κ2) is 7.50. The van der Waals surface area contributed by atoms with Crippen LogP contribution in [0, 0.1) is 0 Å². The molecular formula is C22H27ClN2O. The zero-order valence-corrected chi connectivity index (χ0v) is 15.9. The number of ether oxygens (including phenoxy) is 1. The number of hydrogen-bond acceptors (Lipinski definition) is 3. The van der Waals surface area contributed by atoms with Crippen LogP contribution in [0.25, 0.3) is 0 Å². The number of hydrogen-bond donors (Lipinski definition) is 1. The summed E-state index contributed by atoms with van der Waals surface area (Å²) in [5.41, 5.74) is 5.64. The summed E-state index contributed by atoms with van der Waals surface area (Å²) in [6.45, 7) is 1.83. The molecule has 0 aliphatic carbocycles. The van der Waals surface area contributed by atoms with Crippen molar-refractivity contribution < 1.29 is 4.74 Å². The number of rotatable bonds is 4. The minimum absolute atomic E-state index is 0. The van der Waals surface area contributed by atoms with Crippen LogP contribution in [0.4, 0.5) is 11.4 Å². The van der Waals surface area contributed by atoms with E-state index in [1.54, 1.807) is 0 Å². The maximum atomic E-state index is 6.29. The van der Waals surface area contributed by atoms with Gasteiger partial charge in [0.15, 0.2) is 0 Å². The van der Waals surface area contributed by atoms with Crippen LogP contribution >= 0.6 is 12.4 Å². The van der Waals surface area contributed by atoms with Crippen molar-refractivity contribution in [2.24, 2.45) is 0 Å². The molecule has 2 aromatic rings. The molecule has 2 atom stereocenters. The Hall–Kier alpha value is -1.71. The molecule has 2 unspecified atom stereocenters. The molecule has 0 spiro atoms. The van der Waals surface area contributed by atoms with Crippen LogP contribution in [0.2, 0.25) is 0 Å². The first-order valence-corrected chi connectivity index (χ1v) is 9.68. The third kappa shape index (κ3) is 3.19. The number of nitrogens with one attached hydrogen (secondary N) is 1. The number of fused-ring (bicyclic) bond motifs is 3. The van der Waals surface area contributed by atoms with Crippen molar-refractivity contribution in [1.82, 2.24) is 0 Å². The molecule has 0 aromatic heterocycles. The van der Waals surface area contributed by atoms with Crippen LogP contribution in [0.15, 0.2) is 48.5 Å². The van der Waals surface area contributed by atoms with E-state index in [-0.39, 0.29) is 12.4 Å². The van der Waals surface area contributed by atoms with Crippen molar-refractivity contribution in [2.45, 2.75) is 56.9 Å². The fourth-order valence-electron chi connectivity index (χ4n) is 5.01. The summed E-state index contributed by atoms with van der Waals surface area (Å²) in [4.78, 5) is 2.73. The van der Waals surface area contributed by atoms with E-state index in [4.69, 9.17) is 4.74 Å². The van der Waals surface area contributed by atoms with E-state index in [1.165, 1.54) is 48.2 Å². The second-order valence-corrected chi connectivity index (χ2v) is 7.66. The Labute approximate surface area is 162 Å². The molecule has 0 amide bonds. The molecule has 3 nitrogen and oxygen atoms in total. The molecule has 2 bridgehead atoms. The van der Waals surface area contributed by atoms with Crippen molar-refractivity contribution in [3.63, 3.8) is 0 Å². The summed E-state index contributed by atoms with van der Waals surface area (Å²) >= 11 is 0. The van der Waals surface area contributed by atoms with Crippen LogP contribution in [-0.2, 0) is 17.8 Å². The standard InChI is InChI=1S/C22H26N2O.ClH/c1-2-5-16(6-3-1)15-25-19-13-17-9-10-18(14-19)24(17)22-8-4-7-21-20(22)11-12-23-21;/h1-8,17-19,23H,9-15H2;1H. The molecule has 3 aliphatic rings. The lowest BCUT2D eigenvalue weighted by molar-refractivity contribution is 0.0151. The van der Waals surface area contributed by atoms with E-state index < -0.39 is 0 Å². The van der Waals surface area contributed by atoms with Crippen LogP contribution in [0.5, 0.6) is 0 Å². The lowest BCUT2D eigenvalue weighted by atomic mass is 9.97. The number of benzene rings is 2. The third-order valence-corrected chi connectivity index (χ3v) is 6.14. The Kier molecular flexibility index (Phi) is 5.10. The molecule has 2 saturated heterocycles. The van der Waals surface area contributed by atoms with E-state index in [0.717, 1.165) is 19.6 Å². The Morgan fingerprint density at radius 3 is 2.50 bits per heavy atom. The maximum absolute atomic E-state index is 6.29. The highest BCUT2D eigenvalue weighted by Gasteiger charge is 2.42. The monoisotopic (exact) mass is 370 g/mol. The summed E-state index contributed by atoms with van der Waals surface area (Å²) < 4.78 is 6.29. The molecule has 3 heterocycles. The lowest BCUT2D eigenvalue weighted by Crippen LogP contribution is -2.45. The maximum Gasteiger partial charge on any atom is 0.0720 e. The van der Waals surface area contributed by atoms with Gasteiger partial charge in [-0.3, -0.25) is 0 Å². The highest BCUT2D eigenvalue weighted by atomic mass is 35.5. The van der Waals surface area contributed by atoms with E-state index in [1.807, 2.05) is 0 Å². The van der Waals surface area contributed by atoms with Crippen LogP contribution in [-0.4, -0.2) is 24.7 Å². The molecule has 26 heavy (non-hydrogen) atoms. The number of nitrogens with zero attached hydrogens (tertiary/aromatic N) is 1. The third-order valence-electron chi connectivity index (χ3n) is 6.14. The first kappa shape index (κ1) is 17.7. The zero-order chi connectivity index (χ0) is 16.6. The van der Waals surface area contributed by atoms with Crippen LogP contribution < -0.4 is 10.2 Å². The van der Waals surface area contributed by atoms with Crippen molar-refractivity contribution >= 4 is 23.8 Å². The molecular weight excluding hydrogens is 344 g/mol. The fraction of sp³-hybridized carbons (Fsp3) is 0.455. The lowest BCUT2D eigenvalue weighted by Gasteiger charge is -2.41. The molecule has 138 valence electrons. The first-order chi connectivity index (χ1) is 12.4. The Balaban J connectivity index is 0.00000168. The topological polar surface area (TPSA) is 24.5 Å². The normalized spacial score (nSPS) is 26.2. The van der Waals surface area contributed by atoms with Gasteiger partial charge in [0.1, 0.15) is 0 Å². The predicted octanol–water partition coefficient (Wildman–Crippen LogP) is 4.79. The van der Waals surface area contributed by atoms with Gasteiger partial charge in [-0.05, 0) is 49.8 Å². The van der Waals surface area contributed by atoms with Crippen molar-refractivity contribution in [3.8, 4) is 0 Å². The largest absolute Gasteiger partial charge is 0.384 e. The summed E-state index contributed by atoms with van der Waals surface area (Å²) in [5.74, 6) is 0. The highest BCUT2D eigenvalue weighted by Crippen LogP contribution is 2.43. The van der Waals surface area contributed by atoms with Gasteiger partial charge in [-0.15, -0.1) is 12.4 Å². The van der Waals surface area contributed by atoms with E-state index in [9.17, 15) is 0 Å². The Morgan fingerprint density at radius 2 is 1.73 bits per heavy atom. The van der Waals surface area contributed by atoms with Gasteiger partial charge < -0.3 is 15.0 Å². The minimum atomic E-state index is 0. The molecule has 3 aliphatic heterocycles. The average molecular weight is 371 g/mol. The number of halogens is 1. The minimum Gasteiger partial charge on any atom is -0.384 e. The van der Waals surface area contributed by atoms with Crippen molar-refractivity contribution in [1.29, 1.82) is 0 Å². The molecule has 0 saturated carbocycles. The molecule has 0 radical (unpaired) electrons. The second-order valence-electron chi connectivity index (χ2n) is 7.66. The summed E-state index contributed by atoms with van der Waals surface area (Å²) in [6, 6.07) is 18.6. The molecule has 5 rings (SSSR count). The fourth-order valence-corrected chi connectivity index (χ4v) is 5.01. The van der Waals surface area contributed by atoms with Gasteiger partial charge in [0.2, 0.25) is 0 Å². The zero-order valence-electron chi connectivity index (χ0n) is 15.1. The first-order valence-electron chi connectivity index (χ1n) is 9.68. The van der Waals surface area contributed by atoms with Crippen LogP contribution in [0.3, 0.4) is 0 Å². The van der Waals surface area contributed by atoms with Gasteiger partial charge in [-0.2, -0.15) is 0 Å². The Morgan fingerprint density at radius 1 is 0.962 bits per heavy atom. The van der Waals surface area contributed by atoms with E-state index >= 15 is 0 Å². The van der Waals surface area contributed by atoms with Gasteiger partial charge in [-0.25, -0.2) is 0 Å². The van der Waals surface area contributed by atoms with Crippen molar-refractivity contribution in [3.05, 3.63) is 59.7 Å². The quantitative estimate of drug-likeness (QED) is 0.837. The number of anilines is 2. The summed E-state index contributed by atoms with van der Waals surface area (Å²) in [5, 5.41) is 3.53. The van der Waals surface area contributed by atoms with Gasteiger partial charge in [0.25, 0.3) is 0 Å². The SMILES string of the molecule is Cl.c1ccc(COC2CC3CCC(C2)N3c2cccc3c2CCN3)cc1. The molecule has 4 heteroatoms.